The molecule has 1 atom stereocenters. The second kappa shape index (κ2) is 52.5. The highest BCUT2D eigenvalue weighted by atomic mass is 16.6. The normalized spacial score (nSPS) is 12.6. The maximum Gasteiger partial charge on any atom is 0.306 e. The van der Waals surface area contributed by atoms with Crippen molar-refractivity contribution in [1.82, 2.24) is 0 Å². The molecule has 0 saturated heterocycles. The number of rotatable bonds is 48. The van der Waals surface area contributed by atoms with Gasteiger partial charge in [-0.3, -0.25) is 14.4 Å². The van der Waals surface area contributed by atoms with E-state index in [0.29, 0.717) is 19.3 Å². The van der Waals surface area contributed by atoms with Crippen molar-refractivity contribution in [3.8, 4) is 0 Å². The van der Waals surface area contributed by atoms with Gasteiger partial charge in [0.15, 0.2) is 6.10 Å². The number of hydrogen-bond donors (Lipinski definition) is 0. The van der Waals surface area contributed by atoms with Crippen LogP contribution in [0.25, 0.3) is 0 Å². The van der Waals surface area contributed by atoms with E-state index in [-0.39, 0.29) is 37.5 Å². The summed E-state index contributed by atoms with van der Waals surface area (Å²) in [5, 5.41) is 0. The molecule has 6 nitrogen and oxygen atoms in total. The van der Waals surface area contributed by atoms with E-state index in [1.54, 1.807) is 0 Å². The Labute approximate surface area is 395 Å². The van der Waals surface area contributed by atoms with Gasteiger partial charge in [0.1, 0.15) is 13.2 Å². The molecule has 0 radical (unpaired) electrons. The van der Waals surface area contributed by atoms with Gasteiger partial charge in [0.2, 0.25) is 0 Å². The van der Waals surface area contributed by atoms with Crippen LogP contribution >= 0.6 is 0 Å². The second-order valence-electron chi connectivity index (χ2n) is 17.8. The Kier molecular flexibility index (Phi) is 49.9. The minimum Gasteiger partial charge on any atom is -0.462 e. The third kappa shape index (κ3) is 49.9. The Morgan fingerprint density at radius 1 is 0.328 bits per heavy atom. The van der Waals surface area contributed by atoms with Crippen LogP contribution in [0, 0.1) is 0 Å². The van der Waals surface area contributed by atoms with E-state index in [1.165, 1.54) is 135 Å². The number of hydrogen-bond acceptors (Lipinski definition) is 6. The monoisotopic (exact) mass is 893 g/mol. The van der Waals surface area contributed by atoms with E-state index in [4.69, 9.17) is 14.2 Å². The van der Waals surface area contributed by atoms with Gasteiger partial charge in [-0.1, -0.05) is 254 Å². The van der Waals surface area contributed by atoms with Gasteiger partial charge in [-0.2, -0.15) is 0 Å². The van der Waals surface area contributed by atoms with Crippen molar-refractivity contribution >= 4 is 17.9 Å². The Balaban J connectivity index is 4.45. The molecule has 0 N–H and O–H groups in total. The Morgan fingerprint density at radius 2 is 0.609 bits per heavy atom. The van der Waals surface area contributed by atoms with Crippen LogP contribution in [-0.4, -0.2) is 37.2 Å². The number of ether oxygens (including phenoxy) is 3. The van der Waals surface area contributed by atoms with E-state index in [2.05, 4.69) is 87.6 Å². The van der Waals surface area contributed by atoms with Gasteiger partial charge in [-0.05, 0) is 57.8 Å². The lowest BCUT2D eigenvalue weighted by Crippen LogP contribution is -2.30. The first-order valence-electron chi connectivity index (χ1n) is 26.9. The third-order valence-corrected chi connectivity index (χ3v) is 11.5. The van der Waals surface area contributed by atoms with Crippen LogP contribution in [0.2, 0.25) is 0 Å². The van der Waals surface area contributed by atoms with Crippen molar-refractivity contribution in [1.29, 1.82) is 0 Å². The fourth-order valence-electron chi connectivity index (χ4n) is 7.47. The van der Waals surface area contributed by atoms with Gasteiger partial charge in [0, 0.05) is 19.3 Å². The molecule has 0 amide bonds. The van der Waals surface area contributed by atoms with Gasteiger partial charge in [-0.25, -0.2) is 0 Å². The highest BCUT2D eigenvalue weighted by molar-refractivity contribution is 5.71. The molecule has 0 aromatic rings. The molecule has 1 unspecified atom stereocenters. The molecule has 0 aliphatic rings. The molecular weight excluding hydrogens is 793 g/mol. The van der Waals surface area contributed by atoms with Crippen molar-refractivity contribution in [2.45, 2.75) is 264 Å². The van der Waals surface area contributed by atoms with Crippen LogP contribution in [0.4, 0.5) is 0 Å². The quantitative estimate of drug-likeness (QED) is 0.0262. The molecule has 0 aromatic carbocycles. The van der Waals surface area contributed by atoms with Crippen LogP contribution < -0.4 is 0 Å². The summed E-state index contributed by atoms with van der Waals surface area (Å²) < 4.78 is 16.7. The van der Waals surface area contributed by atoms with Crippen LogP contribution in [0.15, 0.2) is 72.9 Å². The third-order valence-electron chi connectivity index (χ3n) is 11.5. The number of carbonyl (C=O) groups excluding carboxylic acids is 3. The Morgan fingerprint density at radius 3 is 0.953 bits per heavy atom. The molecule has 0 saturated carbocycles. The largest absolute Gasteiger partial charge is 0.462 e. The van der Waals surface area contributed by atoms with Crippen LogP contribution in [0.1, 0.15) is 258 Å². The van der Waals surface area contributed by atoms with Gasteiger partial charge in [0.05, 0.1) is 0 Å². The topological polar surface area (TPSA) is 78.9 Å². The fourth-order valence-corrected chi connectivity index (χ4v) is 7.47. The van der Waals surface area contributed by atoms with E-state index >= 15 is 0 Å². The average molecular weight is 893 g/mol. The second-order valence-corrected chi connectivity index (χ2v) is 17.8. The highest BCUT2D eigenvalue weighted by Crippen LogP contribution is 2.16. The van der Waals surface area contributed by atoms with Gasteiger partial charge in [-0.15, -0.1) is 0 Å². The van der Waals surface area contributed by atoms with E-state index in [9.17, 15) is 14.4 Å². The fraction of sp³-hybridized carbons (Fsp3) is 0.741. The van der Waals surface area contributed by atoms with E-state index in [1.807, 2.05) is 6.08 Å². The van der Waals surface area contributed by atoms with Crippen LogP contribution in [-0.2, 0) is 28.6 Å². The zero-order valence-corrected chi connectivity index (χ0v) is 42.0. The van der Waals surface area contributed by atoms with Crippen molar-refractivity contribution in [2.75, 3.05) is 13.2 Å². The van der Waals surface area contributed by atoms with Gasteiger partial charge in [0.25, 0.3) is 0 Å². The van der Waals surface area contributed by atoms with Crippen molar-refractivity contribution in [3.63, 3.8) is 0 Å². The molecule has 0 fully saturated rings. The summed E-state index contributed by atoms with van der Waals surface area (Å²) in [7, 11) is 0. The van der Waals surface area contributed by atoms with Crippen molar-refractivity contribution in [3.05, 3.63) is 72.9 Å². The van der Waals surface area contributed by atoms with Crippen molar-refractivity contribution < 1.29 is 28.6 Å². The molecular formula is C58H100O6. The van der Waals surface area contributed by atoms with Crippen molar-refractivity contribution in [2.24, 2.45) is 0 Å². The number of unbranched alkanes of at least 4 members (excludes halogenated alkanes) is 25. The summed E-state index contributed by atoms with van der Waals surface area (Å²) in [5.74, 6) is -0.977. The Bertz CT molecular complexity index is 1210. The first-order chi connectivity index (χ1) is 31.5. The SMILES string of the molecule is CC/C=C\C/C=C\C/C=C\C/C=C\C/C=C\C/C=C\CCC(=O)OCC(COC(=O)CCCCCCCCCCCCC)OC(=O)CCCCCCCCCCCCCCCCCC. The average Bonchev–Trinajstić information content (AvgIpc) is 3.29. The summed E-state index contributed by atoms with van der Waals surface area (Å²) in [6, 6.07) is 0. The first kappa shape index (κ1) is 60.9. The smallest absolute Gasteiger partial charge is 0.306 e. The standard InChI is InChI=1S/C58H100O6/c1-4-7-10-13-16-19-22-24-26-28-29-30-32-33-36-39-42-45-48-51-57(60)63-54-55(53-62-56(59)50-47-44-41-38-35-21-18-15-12-9-6-3)64-58(61)52-49-46-43-40-37-34-31-27-25-23-20-17-14-11-8-5-2/h7,10,16,19,24,26,29-30,33,36,42,45,55H,4-6,8-9,11-15,17-18,20-23,25,27-28,31-32,34-35,37-41,43-44,46-54H2,1-3H3/b10-7-,19-16-,26-24-,30-29-,36-33-,45-42-. The summed E-state index contributed by atoms with van der Waals surface area (Å²) in [6.07, 6.45) is 66.1. The zero-order chi connectivity index (χ0) is 46.5. The maximum atomic E-state index is 12.8. The number of carbonyl (C=O) groups is 3. The molecule has 0 heterocycles. The molecule has 0 spiro atoms. The first-order valence-corrected chi connectivity index (χ1v) is 26.9. The molecule has 0 aliphatic heterocycles. The molecule has 0 bridgehead atoms. The van der Waals surface area contributed by atoms with Gasteiger partial charge >= 0.3 is 17.9 Å². The predicted molar refractivity (Wildman–Crippen MR) is 274 cm³/mol. The summed E-state index contributed by atoms with van der Waals surface area (Å²) in [4.78, 5) is 38.0. The predicted octanol–water partition coefficient (Wildman–Crippen LogP) is 17.8. The summed E-state index contributed by atoms with van der Waals surface area (Å²) in [5.41, 5.74) is 0. The van der Waals surface area contributed by atoms with Crippen LogP contribution in [0.3, 0.4) is 0 Å². The zero-order valence-electron chi connectivity index (χ0n) is 42.0. The van der Waals surface area contributed by atoms with Gasteiger partial charge < -0.3 is 14.2 Å². The molecule has 0 aliphatic carbocycles. The number of esters is 3. The summed E-state index contributed by atoms with van der Waals surface area (Å²) in [6.45, 7) is 6.47. The Hall–Kier alpha value is -3.15. The van der Waals surface area contributed by atoms with E-state index in [0.717, 1.165) is 77.0 Å². The summed E-state index contributed by atoms with van der Waals surface area (Å²) >= 11 is 0. The van der Waals surface area contributed by atoms with E-state index < -0.39 is 6.10 Å². The minimum absolute atomic E-state index is 0.0952. The number of allylic oxidation sites excluding steroid dienone is 12. The highest BCUT2D eigenvalue weighted by Gasteiger charge is 2.19. The molecule has 0 rings (SSSR count). The molecule has 0 aromatic heterocycles. The molecule has 368 valence electrons. The lowest BCUT2D eigenvalue weighted by Gasteiger charge is -2.18. The lowest BCUT2D eigenvalue weighted by molar-refractivity contribution is -0.166. The maximum absolute atomic E-state index is 12.8. The minimum atomic E-state index is -0.801. The van der Waals surface area contributed by atoms with Crippen LogP contribution in [0.5, 0.6) is 0 Å². The molecule has 6 heteroatoms. The lowest BCUT2D eigenvalue weighted by atomic mass is 10.0. The molecule has 64 heavy (non-hydrogen) atoms.